The van der Waals surface area contributed by atoms with E-state index in [1.54, 1.807) is 5.38 Å². The second-order valence-corrected chi connectivity index (χ2v) is 4.32. The summed E-state index contributed by atoms with van der Waals surface area (Å²) in [6.07, 6.45) is 0.720. The summed E-state index contributed by atoms with van der Waals surface area (Å²) in [6, 6.07) is 1.05. The molecule has 7 heteroatoms. The molecule has 0 aliphatic carbocycles. The summed E-state index contributed by atoms with van der Waals surface area (Å²) in [5.41, 5.74) is 0.101. The first kappa shape index (κ1) is 14.5. The molecule has 2 amide bonds. The fourth-order valence-corrected chi connectivity index (χ4v) is 2.02. The number of nitrogens with one attached hydrogen (secondary N) is 2. The van der Waals surface area contributed by atoms with Crippen LogP contribution >= 0.6 is 11.3 Å². The molecule has 1 aromatic rings. The molecule has 0 aromatic carbocycles. The van der Waals surface area contributed by atoms with Crippen LogP contribution in [0.1, 0.15) is 23.7 Å². The van der Waals surface area contributed by atoms with Gasteiger partial charge < -0.3 is 15.2 Å². The summed E-state index contributed by atoms with van der Waals surface area (Å²) in [4.78, 5) is 22.3. The van der Waals surface area contributed by atoms with Gasteiger partial charge in [-0.3, -0.25) is 5.32 Å². The zero-order valence-corrected chi connectivity index (χ0v) is 10.9. The van der Waals surface area contributed by atoms with E-state index < -0.39 is 12.0 Å². The first-order valence-electron chi connectivity index (χ1n) is 5.58. The predicted octanol–water partition coefficient (Wildman–Crippen LogP) is 1.99. The zero-order chi connectivity index (χ0) is 13.4. The molecule has 0 atom stereocenters. The highest BCUT2D eigenvalue weighted by molar-refractivity contribution is 7.14. The van der Waals surface area contributed by atoms with E-state index in [4.69, 9.17) is 9.84 Å². The van der Waals surface area contributed by atoms with Gasteiger partial charge >= 0.3 is 12.0 Å². The van der Waals surface area contributed by atoms with Crippen molar-refractivity contribution in [2.45, 2.75) is 13.3 Å². The van der Waals surface area contributed by atoms with Crippen LogP contribution in [0.2, 0.25) is 0 Å². The summed E-state index contributed by atoms with van der Waals surface area (Å²) in [5.74, 6) is -1.05. The molecular formula is C11H16N2O4S. The number of ether oxygens (including phenoxy) is 1. The van der Waals surface area contributed by atoms with Crippen LogP contribution in [-0.4, -0.2) is 36.9 Å². The van der Waals surface area contributed by atoms with Gasteiger partial charge in [-0.2, -0.15) is 0 Å². The molecule has 1 aromatic heterocycles. The molecule has 0 aliphatic heterocycles. The number of carbonyl (C=O) groups excluding carboxylic acids is 1. The third kappa shape index (κ3) is 4.72. The number of hydrogen-bond donors (Lipinski definition) is 3. The Bertz CT molecular complexity index is 406. The normalized spacial score (nSPS) is 10.1. The molecule has 6 nitrogen and oxygen atoms in total. The van der Waals surface area contributed by atoms with Gasteiger partial charge in [0, 0.05) is 19.8 Å². The molecule has 0 spiro atoms. The van der Waals surface area contributed by atoms with Crippen molar-refractivity contribution in [3.05, 3.63) is 17.0 Å². The highest BCUT2D eigenvalue weighted by atomic mass is 32.1. The number of carbonyl (C=O) groups is 2. The van der Waals surface area contributed by atoms with Crippen molar-refractivity contribution in [3.63, 3.8) is 0 Å². The fourth-order valence-electron chi connectivity index (χ4n) is 1.24. The summed E-state index contributed by atoms with van der Waals surface area (Å²) in [5, 5.41) is 16.0. The zero-order valence-electron chi connectivity index (χ0n) is 10.1. The number of carboxylic acids is 1. The first-order chi connectivity index (χ1) is 8.65. The van der Waals surface area contributed by atoms with E-state index >= 15 is 0 Å². The molecular weight excluding hydrogens is 256 g/mol. The molecule has 100 valence electrons. The molecule has 0 bridgehead atoms. The van der Waals surface area contributed by atoms with E-state index in [2.05, 4.69) is 10.6 Å². The van der Waals surface area contributed by atoms with E-state index in [1.165, 1.54) is 17.4 Å². The van der Waals surface area contributed by atoms with Crippen LogP contribution in [0.3, 0.4) is 0 Å². The van der Waals surface area contributed by atoms with Crippen molar-refractivity contribution < 1.29 is 19.4 Å². The van der Waals surface area contributed by atoms with Gasteiger partial charge in [-0.05, 0) is 24.8 Å². The SMILES string of the molecule is CCOCCCNC(=O)Nc1sccc1C(=O)O. The Morgan fingerprint density at radius 1 is 1.50 bits per heavy atom. The number of hydrogen-bond acceptors (Lipinski definition) is 4. The largest absolute Gasteiger partial charge is 0.478 e. The molecule has 0 unspecified atom stereocenters. The smallest absolute Gasteiger partial charge is 0.338 e. The van der Waals surface area contributed by atoms with Gasteiger partial charge in [-0.25, -0.2) is 9.59 Å². The Kier molecular flexibility index (Phi) is 6.16. The van der Waals surface area contributed by atoms with Crippen LogP contribution in [0.15, 0.2) is 11.4 Å². The van der Waals surface area contributed by atoms with Crippen molar-refractivity contribution in [2.75, 3.05) is 25.1 Å². The Morgan fingerprint density at radius 3 is 2.94 bits per heavy atom. The van der Waals surface area contributed by atoms with Crippen LogP contribution in [0.4, 0.5) is 9.80 Å². The van der Waals surface area contributed by atoms with Gasteiger partial charge in [0.2, 0.25) is 0 Å². The van der Waals surface area contributed by atoms with Gasteiger partial charge in [0.15, 0.2) is 0 Å². The van der Waals surface area contributed by atoms with Crippen molar-refractivity contribution in [2.24, 2.45) is 0 Å². The second kappa shape index (κ2) is 7.67. The maximum atomic E-state index is 11.5. The monoisotopic (exact) mass is 272 g/mol. The van der Waals surface area contributed by atoms with Crippen LogP contribution in [0, 0.1) is 0 Å². The van der Waals surface area contributed by atoms with Crippen LogP contribution < -0.4 is 10.6 Å². The number of rotatable bonds is 7. The van der Waals surface area contributed by atoms with Crippen molar-refractivity contribution in [1.82, 2.24) is 5.32 Å². The van der Waals surface area contributed by atoms with E-state index in [-0.39, 0.29) is 5.56 Å². The van der Waals surface area contributed by atoms with Crippen molar-refractivity contribution >= 4 is 28.3 Å². The standard InChI is InChI=1S/C11H16N2O4S/c1-2-17-6-3-5-12-11(16)13-9-8(10(14)15)4-7-18-9/h4,7H,2-3,5-6H2,1H3,(H,14,15)(H2,12,13,16). The third-order valence-corrected chi connectivity index (χ3v) is 2.91. The van der Waals surface area contributed by atoms with Crippen molar-refractivity contribution in [3.8, 4) is 0 Å². The molecule has 3 N–H and O–H groups in total. The summed E-state index contributed by atoms with van der Waals surface area (Å²) < 4.78 is 5.12. The van der Waals surface area contributed by atoms with Gasteiger partial charge in [0.1, 0.15) is 5.00 Å². The number of carboxylic acid groups (broad SMARTS) is 1. The van der Waals surface area contributed by atoms with Gasteiger partial charge in [-0.15, -0.1) is 11.3 Å². The molecule has 0 fully saturated rings. The lowest BCUT2D eigenvalue weighted by Gasteiger charge is -2.06. The lowest BCUT2D eigenvalue weighted by molar-refractivity contribution is 0.0698. The summed E-state index contributed by atoms with van der Waals surface area (Å²) in [7, 11) is 0. The fraction of sp³-hybridized carbons (Fsp3) is 0.455. The van der Waals surface area contributed by atoms with E-state index in [0.29, 0.717) is 24.8 Å². The van der Waals surface area contributed by atoms with Gasteiger partial charge in [-0.1, -0.05) is 0 Å². The lowest BCUT2D eigenvalue weighted by Crippen LogP contribution is -2.30. The summed E-state index contributed by atoms with van der Waals surface area (Å²) >= 11 is 1.18. The quantitative estimate of drug-likeness (QED) is 0.662. The topological polar surface area (TPSA) is 87.7 Å². The van der Waals surface area contributed by atoms with E-state index in [1.807, 2.05) is 6.92 Å². The van der Waals surface area contributed by atoms with E-state index in [0.717, 1.165) is 6.42 Å². The highest BCUT2D eigenvalue weighted by Crippen LogP contribution is 2.22. The van der Waals surface area contributed by atoms with Crippen LogP contribution in [-0.2, 0) is 4.74 Å². The van der Waals surface area contributed by atoms with Crippen molar-refractivity contribution in [1.29, 1.82) is 0 Å². The molecule has 0 saturated heterocycles. The third-order valence-electron chi connectivity index (χ3n) is 2.08. The maximum absolute atomic E-state index is 11.5. The Morgan fingerprint density at radius 2 is 2.28 bits per heavy atom. The number of aromatic carboxylic acids is 1. The molecule has 0 saturated carbocycles. The van der Waals surface area contributed by atoms with Crippen LogP contribution in [0.25, 0.3) is 0 Å². The number of amides is 2. The number of thiophene rings is 1. The Labute approximate surface area is 109 Å². The second-order valence-electron chi connectivity index (χ2n) is 3.40. The minimum Gasteiger partial charge on any atom is -0.478 e. The molecule has 1 heterocycles. The Hall–Kier alpha value is -1.60. The van der Waals surface area contributed by atoms with E-state index in [9.17, 15) is 9.59 Å². The minimum atomic E-state index is -1.05. The number of urea groups is 1. The minimum absolute atomic E-state index is 0.101. The van der Waals surface area contributed by atoms with Gasteiger partial charge in [0.05, 0.1) is 5.56 Å². The predicted molar refractivity (Wildman–Crippen MR) is 69.4 cm³/mol. The lowest BCUT2D eigenvalue weighted by atomic mass is 10.3. The maximum Gasteiger partial charge on any atom is 0.338 e. The molecule has 0 radical (unpaired) electrons. The number of anilines is 1. The van der Waals surface area contributed by atoms with Gasteiger partial charge in [0.25, 0.3) is 0 Å². The molecule has 0 aliphatic rings. The van der Waals surface area contributed by atoms with Crippen LogP contribution in [0.5, 0.6) is 0 Å². The first-order valence-corrected chi connectivity index (χ1v) is 6.46. The summed E-state index contributed by atoms with van der Waals surface area (Å²) in [6.45, 7) is 3.64. The molecule has 18 heavy (non-hydrogen) atoms. The average Bonchev–Trinajstić information content (AvgIpc) is 2.77. The highest BCUT2D eigenvalue weighted by Gasteiger charge is 2.13. The molecule has 1 rings (SSSR count). The Balaban J connectivity index is 2.31. The average molecular weight is 272 g/mol.